The molecular formula is C33H31ClN4O5S2. The standard InChI is InChI=1S/C33H31ClN4O5S2/c1-3-28(32(42)38-33-36-25(20-44-33)19-29(39)43-4-2)45-26-12-8-11-24(18-26)35-31(41)27(17-21-13-15-23(34)16-14-21)37-30(40)22-9-6-5-7-10-22/h5-18,20,28H,3-4,19H2,1-2H3,(H,35,41)(H,37,40)(H,36,38,42)/b27-17-. The normalized spacial score (nSPS) is 11.8. The van der Waals surface area contributed by atoms with E-state index in [1.807, 2.05) is 13.0 Å². The summed E-state index contributed by atoms with van der Waals surface area (Å²) in [6.07, 6.45) is 2.14. The maximum Gasteiger partial charge on any atom is 0.311 e. The molecule has 0 saturated heterocycles. The van der Waals surface area contributed by atoms with Crippen LogP contribution in [0.3, 0.4) is 0 Å². The molecule has 0 fully saturated rings. The Balaban J connectivity index is 1.44. The minimum absolute atomic E-state index is 0.0389. The van der Waals surface area contributed by atoms with Gasteiger partial charge in [0.2, 0.25) is 5.91 Å². The second kappa shape index (κ2) is 16.6. The molecule has 4 aromatic rings. The summed E-state index contributed by atoms with van der Waals surface area (Å²) in [7, 11) is 0. The van der Waals surface area contributed by atoms with Crippen LogP contribution in [0.5, 0.6) is 0 Å². The number of aromatic nitrogens is 1. The van der Waals surface area contributed by atoms with Crippen molar-refractivity contribution in [2.45, 2.75) is 36.8 Å². The number of nitrogens with one attached hydrogen (secondary N) is 3. The fourth-order valence-electron chi connectivity index (χ4n) is 3.99. The third-order valence-corrected chi connectivity index (χ3v) is 8.57. The van der Waals surface area contributed by atoms with Crippen LogP contribution in [0.1, 0.15) is 41.9 Å². The second-order valence-corrected chi connectivity index (χ2v) is 12.1. The molecule has 12 heteroatoms. The number of hydrogen-bond acceptors (Lipinski definition) is 8. The molecule has 9 nitrogen and oxygen atoms in total. The highest BCUT2D eigenvalue weighted by molar-refractivity contribution is 8.00. The van der Waals surface area contributed by atoms with E-state index in [0.29, 0.717) is 45.7 Å². The van der Waals surface area contributed by atoms with E-state index in [2.05, 4.69) is 20.9 Å². The zero-order valence-electron chi connectivity index (χ0n) is 24.5. The molecule has 0 aliphatic rings. The average Bonchev–Trinajstić information content (AvgIpc) is 3.47. The maximum atomic E-state index is 13.4. The van der Waals surface area contributed by atoms with E-state index in [1.54, 1.807) is 91.2 Å². The number of rotatable bonds is 13. The van der Waals surface area contributed by atoms with E-state index < -0.39 is 17.1 Å². The van der Waals surface area contributed by atoms with E-state index in [-0.39, 0.29) is 24.0 Å². The Morgan fingerprint density at radius 1 is 0.978 bits per heavy atom. The van der Waals surface area contributed by atoms with Crippen LogP contribution < -0.4 is 16.0 Å². The lowest BCUT2D eigenvalue weighted by Crippen LogP contribution is -2.30. The summed E-state index contributed by atoms with van der Waals surface area (Å²) in [6.45, 7) is 3.93. The van der Waals surface area contributed by atoms with Gasteiger partial charge >= 0.3 is 5.97 Å². The van der Waals surface area contributed by atoms with Crippen LogP contribution in [0.25, 0.3) is 6.08 Å². The summed E-state index contributed by atoms with van der Waals surface area (Å²) >= 11 is 8.60. The molecule has 3 amide bonds. The molecule has 1 heterocycles. The molecule has 1 aromatic heterocycles. The van der Waals surface area contributed by atoms with Gasteiger partial charge in [-0.25, -0.2) is 4.98 Å². The second-order valence-electron chi connectivity index (χ2n) is 9.54. The lowest BCUT2D eigenvalue weighted by Gasteiger charge is -2.15. The highest BCUT2D eigenvalue weighted by Gasteiger charge is 2.21. The zero-order chi connectivity index (χ0) is 32.2. The summed E-state index contributed by atoms with van der Waals surface area (Å²) < 4.78 is 4.95. The number of thioether (sulfide) groups is 1. The Morgan fingerprint density at radius 2 is 1.73 bits per heavy atom. The molecule has 3 aromatic carbocycles. The van der Waals surface area contributed by atoms with Gasteiger partial charge in [0.1, 0.15) is 5.70 Å². The first kappa shape index (κ1) is 33.4. The van der Waals surface area contributed by atoms with E-state index >= 15 is 0 Å². The first-order valence-corrected chi connectivity index (χ1v) is 16.2. The minimum Gasteiger partial charge on any atom is -0.466 e. The predicted molar refractivity (Wildman–Crippen MR) is 179 cm³/mol. The lowest BCUT2D eigenvalue weighted by molar-refractivity contribution is -0.142. The number of anilines is 2. The number of halogens is 1. The van der Waals surface area contributed by atoms with Crippen molar-refractivity contribution in [3.05, 3.63) is 112 Å². The summed E-state index contributed by atoms with van der Waals surface area (Å²) in [6, 6.07) is 22.6. The van der Waals surface area contributed by atoms with Crippen molar-refractivity contribution in [1.29, 1.82) is 0 Å². The lowest BCUT2D eigenvalue weighted by atomic mass is 10.1. The quantitative estimate of drug-likeness (QED) is 0.0815. The van der Waals surface area contributed by atoms with Crippen LogP contribution in [0, 0.1) is 0 Å². The van der Waals surface area contributed by atoms with Gasteiger partial charge in [-0.05, 0) is 67.4 Å². The molecule has 0 saturated carbocycles. The van der Waals surface area contributed by atoms with Gasteiger partial charge in [-0.2, -0.15) is 0 Å². The van der Waals surface area contributed by atoms with Crippen molar-refractivity contribution in [3.8, 4) is 0 Å². The van der Waals surface area contributed by atoms with Crippen LogP contribution in [0.4, 0.5) is 10.8 Å². The number of amides is 3. The number of nitrogens with zero attached hydrogens (tertiary/aromatic N) is 1. The summed E-state index contributed by atoms with van der Waals surface area (Å²) in [5, 5.41) is 10.6. The van der Waals surface area contributed by atoms with Gasteiger partial charge in [-0.3, -0.25) is 19.2 Å². The predicted octanol–water partition coefficient (Wildman–Crippen LogP) is 6.82. The smallest absolute Gasteiger partial charge is 0.311 e. The third kappa shape index (κ3) is 10.3. The van der Waals surface area contributed by atoms with Gasteiger partial charge in [0.05, 0.1) is 24.0 Å². The number of benzene rings is 3. The first-order chi connectivity index (χ1) is 21.7. The van der Waals surface area contributed by atoms with E-state index in [1.165, 1.54) is 23.1 Å². The van der Waals surface area contributed by atoms with Crippen LogP contribution in [0.15, 0.2) is 94.8 Å². The number of ether oxygens (including phenoxy) is 1. The summed E-state index contributed by atoms with van der Waals surface area (Å²) in [5.74, 6) is -1.56. The fraction of sp³-hybridized carbons (Fsp3) is 0.182. The largest absolute Gasteiger partial charge is 0.466 e. The van der Waals surface area contributed by atoms with Crippen molar-refractivity contribution in [2.75, 3.05) is 17.2 Å². The Morgan fingerprint density at radius 3 is 2.44 bits per heavy atom. The zero-order valence-corrected chi connectivity index (χ0v) is 26.9. The first-order valence-electron chi connectivity index (χ1n) is 14.1. The maximum absolute atomic E-state index is 13.4. The van der Waals surface area contributed by atoms with Crippen molar-refractivity contribution < 1.29 is 23.9 Å². The average molecular weight is 663 g/mol. The molecule has 1 atom stereocenters. The fourth-order valence-corrected chi connectivity index (χ4v) is 5.84. The van der Waals surface area contributed by atoms with E-state index in [0.717, 1.165) is 4.90 Å². The van der Waals surface area contributed by atoms with Gasteiger partial charge < -0.3 is 20.7 Å². The van der Waals surface area contributed by atoms with Gasteiger partial charge in [0.25, 0.3) is 11.8 Å². The van der Waals surface area contributed by atoms with Crippen LogP contribution >= 0.6 is 34.7 Å². The number of thiazole rings is 1. The monoisotopic (exact) mass is 662 g/mol. The molecule has 1 unspecified atom stereocenters. The molecule has 4 rings (SSSR count). The van der Waals surface area contributed by atoms with E-state index in [9.17, 15) is 19.2 Å². The van der Waals surface area contributed by atoms with Crippen molar-refractivity contribution in [3.63, 3.8) is 0 Å². The molecule has 0 spiro atoms. The molecule has 0 radical (unpaired) electrons. The number of carbonyl (C=O) groups is 4. The molecular weight excluding hydrogens is 632 g/mol. The molecule has 3 N–H and O–H groups in total. The molecule has 0 bridgehead atoms. The van der Waals surface area contributed by atoms with E-state index in [4.69, 9.17) is 16.3 Å². The van der Waals surface area contributed by atoms with Gasteiger partial charge in [-0.1, -0.05) is 54.9 Å². The Bertz CT molecular complexity index is 1680. The topological polar surface area (TPSA) is 126 Å². The summed E-state index contributed by atoms with van der Waals surface area (Å²) in [5.41, 5.74) is 2.14. The molecule has 45 heavy (non-hydrogen) atoms. The molecule has 0 aliphatic carbocycles. The SMILES string of the molecule is CCOC(=O)Cc1csc(NC(=O)C(CC)Sc2cccc(NC(=O)/C(=C/c3ccc(Cl)cc3)NC(=O)c3ccccc3)c2)n1. The van der Waals surface area contributed by atoms with Gasteiger partial charge in [0, 0.05) is 26.5 Å². The number of hydrogen-bond donors (Lipinski definition) is 3. The van der Waals surface area contributed by atoms with Crippen molar-refractivity contribution in [2.24, 2.45) is 0 Å². The van der Waals surface area contributed by atoms with Crippen LogP contribution in [-0.2, 0) is 25.5 Å². The number of esters is 1. The minimum atomic E-state index is -0.524. The van der Waals surface area contributed by atoms with Crippen LogP contribution in [-0.4, -0.2) is 40.5 Å². The number of carbonyl (C=O) groups excluding carboxylic acids is 4. The molecule has 232 valence electrons. The van der Waals surface area contributed by atoms with Gasteiger partial charge in [0.15, 0.2) is 5.13 Å². The Kier molecular flexibility index (Phi) is 12.3. The van der Waals surface area contributed by atoms with Crippen LogP contribution in [0.2, 0.25) is 5.02 Å². The molecule has 0 aliphatic heterocycles. The van der Waals surface area contributed by atoms with Crippen molar-refractivity contribution >= 4 is 75.3 Å². The highest BCUT2D eigenvalue weighted by Crippen LogP contribution is 2.29. The van der Waals surface area contributed by atoms with Crippen molar-refractivity contribution in [1.82, 2.24) is 10.3 Å². The Hall–Kier alpha value is -4.45. The highest BCUT2D eigenvalue weighted by atomic mass is 35.5. The Labute approximate surface area is 274 Å². The van der Waals surface area contributed by atoms with Gasteiger partial charge in [-0.15, -0.1) is 23.1 Å². The third-order valence-electron chi connectivity index (χ3n) is 6.16. The summed E-state index contributed by atoms with van der Waals surface area (Å²) in [4.78, 5) is 56.2.